The molecular weight excluding hydrogens is 361 g/mol. The molecule has 0 fully saturated rings. The molecule has 2 aliphatic heterocycles. The highest BCUT2D eigenvalue weighted by Gasteiger charge is 2.27. The molecule has 0 saturated carbocycles. The van der Waals surface area contributed by atoms with Crippen molar-refractivity contribution in [1.29, 1.82) is 0 Å². The van der Waals surface area contributed by atoms with E-state index in [0.29, 0.717) is 25.3 Å². The van der Waals surface area contributed by atoms with Gasteiger partial charge in [0, 0.05) is 19.5 Å². The maximum absolute atomic E-state index is 13.0. The number of rotatable bonds is 3. The Morgan fingerprint density at radius 1 is 1.11 bits per heavy atom. The van der Waals surface area contributed by atoms with E-state index in [1.807, 2.05) is 17.1 Å². The average Bonchev–Trinajstić information content (AvgIpc) is 2.88. The Morgan fingerprint density at radius 2 is 1.82 bits per heavy atom. The molecule has 0 unspecified atom stereocenters. The molecule has 0 atom stereocenters. The molecule has 2 N–H and O–H groups in total. The van der Waals surface area contributed by atoms with Crippen molar-refractivity contribution in [2.75, 3.05) is 37.7 Å². The fourth-order valence-electron chi connectivity index (χ4n) is 3.63. The summed E-state index contributed by atoms with van der Waals surface area (Å²) in [6.07, 6.45) is 1.86. The summed E-state index contributed by atoms with van der Waals surface area (Å²) in [5.74, 6) is 6.39. The number of halogens is 1. The number of fused-ring (bicyclic) bond motifs is 2. The Hall–Kier alpha value is -2.64. The zero-order valence-corrected chi connectivity index (χ0v) is 15.7. The van der Waals surface area contributed by atoms with Crippen molar-refractivity contribution >= 4 is 11.8 Å². The van der Waals surface area contributed by atoms with E-state index in [4.69, 9.17) is 15.3 Å². The van der Waals surface area contributed by atoms with Crippen molar-refractivity contribution in [1.82, 2.24) is 5.01 Å². The van der Waals surface area contributed by atoms with Crippen LogP contribution < -0.4 is 15.5 Å². The minimum atomic E-state index is -0.388. The fourth-order valence-corrected chi connectivity index (χ4v) is 3.63. The summed E-state index contributed by atoms with van der Waals surface area (Å²) < 4.78 is 24.2. The number of amides is 1. The highest BCUT2D eigenvalue weighted by atomic mass is 19.1. The van der Waals surface area contributed by atoms with Gasteiger partial charge in [-0.25, -0.2) is 14.2 Å². The molecule has 0 bridgehead atoms. The smallest absolute Gasteiger partial charge is 0.414 e. The van der Waals surface area contributed by atoms with Gasteiger partial charge in [-0.05, 0) is 53.8 Å². The summed E-state index contributed by atoms with van der Waals surface area (Å²) >= 11 is 0. The molecule has 0 spiro atoms. The van der Waals surface area contributed by atoms with Crippen molar-refractivity contribution in [2.45, 2.75) is 19.3 Å². The zero-order chi connectivity index (χ0) is 19.5. The molecular formula is C21H24FN3O3. The van der Waals surface area contributed by atoms with Gasteiger partial charge in [-0.2, -0.15) is 0 Å². The van der Waals surface area contributed by atoms with E-state index in [9.17, 15) is 9.18 Å². The highest BCUT2D eigenvalue weighted by molar-refractivity contribution is 5.90. The Balaban J connectivity index is 1.44. The van der Waals surface area contributed by atoms with E-state index >= 15 is 0 Å². The first kappa shape index (κ1) is 18.7. The second-order valence-electron chi connectivity index (χ2n) is 7.12. The highest BCUT2D eigenvalue weighted by Crippen LogP contribution is 2.36. The number of carbonyl (C=O) groups is 1. The first-order chi connectivity index (χ1) is 13.6. The standard InChI is InChI=1S/C21H24FN3O3/c22-18-3-1-15(2-4-18)7-11-28-21(26)25-10-12-27-20-14-17-6-9-24(23)8-5-16(17)13-19(20)25/h1-4,13-14H,5-12,23H2. The SMILES string of the molecule is NN1CCc2cc3c(cc2CC1)N(C(=O)OCCc1ccc(F)cc1)CCO3. The molecule has 0 aromatic heterocycles. The average molecular weight is 385 g/mol. The van der Waals surface area contributed by atoms with Gasteiger partial charge in [0.05, 0.1) is 18.8 Å². The van der Waals surface area contributed by atoms with Gasteiger partial charge >= 0.3 is 6.09 Å². The minimum absolute atomic E-state index is 0.240. The van der Waals surface area contributed by atoms with Crippen LogP contribution in [0.25, 0.3) is 0 Å². The van der Waals surface area contributed by atoms with Crippen LogP contribution in [0.15, 0.2) is 36.4 Å². The lowest BCUT2D eigenvalue weighted by atomic mass is 10.0. The number of carbonyl (C=O) groups excluding carboxylic acids is 1. The second-order valence-corrected chi connectivity index (χ2v) is 7.12. The van der Waals surface area contributed by atoms with E-state index in [1.54, 1.807) is 17.0 Å². The summed E-state index contributed by atoms with van der Waals surface area (Å²) in [7, 11) is 0. The van der Waals surface area contributed by atoms with Crippen LogP contribution >= 0.6 is 0 Å². The molecule has 1 amide bonds. The number of ether oxygens (including phenoxy) is 2. The predicted molar refractivity (Wildman–Crippen MR) is 104 cm³/mol. The number of benzene rings is 2. The summed E-state index contributed by atoms with van der Waals surface area (Å²) in [6.45, 7) is 2.71. The van der Waals surface area contributed by atoms with E-state index in [1.165, 1.54) is 23.3 Å². The van der Waals surface area contributed by atoms with Crippen molar-refractivity contribution in [2.24, 2.45) is 5.84 Å². The van der Waals surface area contributed by atoms with Crippen LogP contribution in [0.4, 0.5) is 14.9 Å². The van der Waals surface area contributed by atoms with Gasteiger partial charge in [0.2, 0.25) is 0 Å². The van der Waals surface area contributed by atoms with Gasteiger partial charge in [-0.1, -0.05) is 12.1 Å². The van der Waals surface area contributed by atoms with Gasteiger partial charge in [-0.3, -0.25) is 10.7 Å². The number of nitrogens with zero attached hydrogens (tertiary/aromatic N) is 2. The van der Waals surface area contributed by atoms with Crippen LogP contribution in [0.3, 0.4) is 0 Å². The maximum Gasteiger partial charge on any atom is 0.414 e. The van der Waals surface area contributed by atoms with Crippen LogP contribution in [0.2, 0.25) is 0 Å². The number of hydrogen-bond acceptors (Lipinski definition) is 5. The van der Waals surface area contributed by atoms with E-state index < -0.39 is 0 Å². The Kier molecular flexibility index (Phi) is 5.45. The van der Waals surface area contributed by atoms with Crippen LogP contribution in [-0.4, -0.2) is 44.0 Å². The molecule has 0 saturated heterocycles. The molecule has 0 radical (unpaired) electrons. The predicted octanol–water partition coefficient (Wildman–Crippen LogP) is 2.68. The summed E-state index contributed by atoms with van der Waals surface area (Å²) in [6, 6.07) is 10.3. The van der Waals surface area contributed by atoms with Crippen LogP contribution in [0.1, 0.15) is 16.7 Å². The number of hydrogen-bond donors (Lipinski definition) is 1. The van der Waals surface area contributed by atoms with Gasteiger partial charge in [0.15, 0.2) is 0 Å². The first-order valence-corrected chi connectivity index (χ1v) is 9.57. The lowest BCUT2D eigenvalue weighted by molar-refractivity contribution is 0.151. The topological polar surface area (TPSA) is 68.0 Å². The molecule has 28 heavy (non-hydrogen) atoms. The molecule has 2 aliphatic rings. The Bertz CT molecular complexity index is 857. The zero-order valence-electron chi connectivity index (χ0n) is 15.7. The first-order valence-electron chi connectivity index (χ1n) is 9.57. The van der Waals surface area contributed by atoms with E-state index in [2.05, 4.69) is 0 Å². The Morgan fingerprint density at radius 3 is 2.57 bits per heavy atom. The summed E-state index contributed by atoms with van der Waals surface area (Å²) in [5.41, 5.74) is 4.09. The maximum atomic E-state index is 13.0. The molecule has 0 aliphatic carbocycles. The number of nitrogens with two attached hydrogens (primary N) is 1. The normalized spacial score (nSPS) is 16.6. The van der Waals surface area contributed by atoms with Crippen molar-refractivity contribution in [3.05, 3.63) is 58.9 Å². The summed E-state index contributed by atoms with van der Waals surface area (Å²) in [4.78, 5) is 14.3. The third-order valence-electron chi connectivity index (χ3n) is 5.23. The number of hydrazine groups is 1. The van der Waals surface area contributed by atoms with Crippen LogP contribution in [-0.2, 0) is 24.0 Å². The lowest BCUT2D eigenvalue weighted by Gasteiger charge is -2.30. The molecule has 2 aromatic rings. The Labute approximate surface area is 163 Å². The van der Waals surface area contributed by atoms with Gasteiger partial charge in [-0.15, -0.1) is 0 Å². The van der Waals surface area contributed by atoms with Gasteiger partial charge in [0.1, 0.15) is 18.2 Å². The van der Waals surface area contributed by atoms with Crippen molar-refractivity contribution in [3.8, 4) is 5.75 Å². The second kappa shape index (κ2) is 8.16. The third-order valence-corrected chi connectivity index (χ3v) is 5.23. The molecule has 6 nitrogen and oxygen atoms in total. The van der Waals surface area contributed by atoms with Crippen LogP contribution in [0, 0.1) is 5.82 Å². The largest absolute Gasteiger partial charge is 0.490 e. The number of anilines is 1. The van der Waals surface area contributed by atoms with Gasteiger partial charge in [0.25, 0.3) is 0 Å². The van der Waals surface area contributed by atoms with Crippen molar-refractivity contribution in [3.63, 3.8) is 0 Å². The van der Waals surface area contributed by atoms with Crippen molar-refractivity contribution < 1.29 is 18.7 Å². The quantitative estimate of drug-likeness (QED) is 0.823. The van der Waals surface area contributed by atoms with E-state index in [0.717, 1.165) is 37.2 Å². The lowest BCUT2D eigenvalue weighted by Crippen LogP contribution is -2.38. The molecule has 2 heterocycles. The molecule has 7 heteroatoms. The molecule has 2 aromatic carbocycles. The monoisotopic (exact) mass is 385 g/mol. The van der Waals surface area contributed by atoms with Gasteiger partial charge < -0.3 is 9.47 Å². The van der Waals surface area contributed by atoms with E-state index in [-0.39, 0.29) is 18.5 Å². The molecule has 148 valence electrons. The molecule has 4 rings (SSSR count). The fraction of sp³-hybridized carbons (Fsp3) is 0.381. The third kappa shape index (κ3) is 4.10. The minimum Gasteiger partial charge on any atom is -0.490 e. The van der Waals surface area contributed by atoms with Crippen LogP contribution in [0.5, 0.6) is 5.75 Å². The summed E-state index contributed by atoms with van der Waals surface area (Å²) in [5, 5.41) is 1.82.